The van der Waals surface area contributed by atoms with Crippen LogP contribution >= 0.6 is 0 Å². The van der Waals surface area contributed by atoms with Crippen molar-refractivity contribution in [3.05, 3.63) is 23.8 Å². The highest BCUT2D eigenvalue weighted by atomic mass is 16.3. The molecule has 0 heterocycles. The molecule has 2 N–H and O–H groups in total. The van der Waals surface area contributed by atoms with E-state index in [1.165, 1.54) is 57.1 Å². The number of anilines is 1. The van der Waals surface area contributed by atoms with Crippen LogP contribution in [0.4, 0.5) is 5.69 Å². The Labute approximate surface area is 139 Å². The van der Waals surface area contributed by atoms with Crippen molar-refractivity contribution in [3.8, 4) is 5.75 Å². The number of aromatic hydroxyl groups is 1. The van der Waals surface area contributed by atoms with E-state index in [0.717, 1.165) is 12.8 Å². The molecule has 1 rings (SSSR count). The minimum Gasteiger partial charge on any atom is -0.507 e. The van der Waals surface area contributed by atoms with Gasteiger partial charge in [0.1, 0.15) is 5.75 Å². The van der Waals surface area contributed by atoms with Gasteiger partial charge in [-0.25, -0.2) is 0 Å². The van der Waals surface area contributed by atoms with Crippen LogP contribution in [0.3, 0.4) is 0 Å². The maximum absolute atomic E-state index is 11.8. The Bertz CT molecular complexity index is 486. The fourth-order valence-corrected chi connectivity index (χ4v) is 2.52. The van der Waals surface area contributed by atoms with Crippen molar-refractivity contribution in [1.29, 1.82) is 0 Å². The van der Waals surface area contributed by atoms with Crippen molar-refractivity contribution in [2.75, 3.05) is 5.32 Å². The lowest BCUT2D eigenvalue weighted by Gasteiger charge is -2.06. The SMILES string of the molecule is CCCCCCCCCCCC(=O)Nc1ccc([C]=O)c(O)c1. The summed E-state index contributed by atoms with van der Waals surface area (Å²) < 4.78 is 0. The predicted molar refractivity (Wildman–Crippen MR) is 93.4 cm³/mol. The first-order valence-electron chi connectivity index (χ1n) is 8.68. The Morgan fingerprint density at radius 1 is 1.04 bits per heavy atom. The van der Waals surface area contributed by atoms with Gasteiger partial charge < -0.3 is 10.4 Å². The topological polar surface area (TPSA) is 66.4 Å². The van der Waals surface area contributed by atoms with E-state index < -0.39 is 0 Å². The number of amides is 1. The van der Waals surface area contributed by atoms with Crippen LogP contribution in [0.1, 0.15) is 76.7 Å². The molecule has 0 fully saturated rings. The zero-order valence-corrected chi connectivity index (χ0v) is 14.1. The van der Waals surface area contributed by atoms with Crippen LogP contribution in [0, 0.1) is 0 Å². The van der Waals surface area contributed by atoms with E-state index in [1.807, 2.05) is 0 Å². The van der Waals surface area contributed by atoms with Crippen LogP contribution in [0.5, 0.6) is 5.75 Å². The summed E-state index contributed by atoms with van der Waals surface area (Å²) in [6.45, 7) is 2.22. The second-order valence-electron chi connectivity index (χ2n) is 5.96. The highest BCUT2D eigenvalue weighted by Gasteiger charge is 2.06. The maximum atomic E-state index is 11.8. The first-order chi connectivity index (χ1) is 11.2. The first kappa shape index (κ1) is 19.2. The first-order valence-corrected chi connectivity index (χ1v) is 8.68. The number of phenolic OH excluding ortho intramolecular Hbond substituents is 1. The average Bonchev–Trinajstić information content (AvgIpc) is 2.53. The fourth-order valence-electron chi connectivity index (χ4n) is 2.52. The van der Waals surface area contributed by atoms with Gasteiger partial charge in [0.2, 0.25) is 12.2 Å². The Kier molecular flexibility index (Phi) is 9.76. The van der Waals surface area contributed by atoms with E-state index >= 15 is 0 Å². The van der Waals surface area contributed by atoms with Crippen molar-refractivity contribution in [2.45, 2.75) is 71.1 Å². The zero-order valence-electron chi connectivity index (χ0n) is 14.1. The lowest BCUT2D eigenvalue weighted by atomic mass is 10.1. The Hall–Kier alpha value is -1.84. The van der Waals surface area contributed by atoms with Crippen molar-refractivity contribution >= 4 is 17.9 Å². The number of nitrogens with one attached hydrogen (secondary N) is 1. The number of carbonyl (C=O) groups is 1. The normalized spacial score (nSPS) is 10.5. The Morgan fingerprint density at radius 2 is 1.65 bits per heavy atom. The van der Waals surface area contributed by atoms with Gasteiger partial charge in [0.05, 0.1) is 5.56 Å². The van der Waals surface area contributed by atoms with Gasteiger partial charge in [-0.1, -0.05) is 58.3 Å². The number of phenols is 1. The molecule has 4 nitrogen and oxygen atoms in total. The highest BCUT2D eigenvalue weighted by Crippen LogP contribution is 2.20. The third-order valence-electron chi connectivity index (χ3n) is 3.90. The average molecular weight is 318 g/mol. The van der Waals surface area contributed by atoms with E-state index in [9.17, 15) is 14.7 Å². The standard InChI is InChI=1S/C19H28NO3/c1-2-3-4-5-6-7-8-9-10-11-19(23)20-17-13-12-16(15-21)18(22)14-17/h12-14,22H,2-11H2,1H3,(H,20,23). The van der Waals surface area contributed by atoms with Gasteiger partial charge in [-0.3, -0.25) is 9.59 Å². The van der Waals surface area contributed by atoms with E-state index in [1.54, 1.807) is 12.4 Å². The summed E-state index contributed by atoms with van der Waals surface area (Å²) in [6, 6.07) is 4.40. The van der Waals surface area contributed by atoms with Crippen molar-refractivity contribution in [3.63, 3.8) is 0 Å². The third-order valence-corrected chi connectivity index (χ3v) is 3.90. The molecule has 127 valence electrons. The molecule has 0 aliphatic heterocycles. The monoisotopic (exact) mass is 318 g/mol. The van der Waals surface area contributed by atoms with Crippen molar-refractivity contribution < 1.29 is 14.7 Å². The van der Waals surface area contributed by atoms with Gasteiger partial charge >= 0.3 is 0 Å². The summed E-state index contributed by atoms with van der Waals surface area (Å²) in [7, 11) is 0. The maximum Gasteiger partial charge on any atom is 0.237 e. The molecule has 0 atom stereocenters. The molecule has 1 amide bonds. The van der Waals surface area contributed by atoms with E-state index in [-0.39, 0.29) is 17.2 Å². The summed E-state index contributed by atoms with van der Waals surface area (Å²) in [5.41, 5.74) is 0.601. The molecule has 4 heteroatoms. The number of benzene rings is 1. The van der Waals surface area contributed by atoms with E-state index in [4.69, 9.17) is 0 Å². The third kappa shape index (κ3) is 8.38. The van der Waals surface area contributed by atoms with E-state index in [0.29, 0.717) is 12.1 Å². The molecule has 0 spiro atoms. The van der Waals surface area contributed by atoms with Crippen molar-refractivity contribution in [1.82, 2.24) is 0 Å². The predicted octanol–water partition coefficient (Wildman–Crippen LogP) is 4.71. The van der Waals surface area contributed by atoms with Crippen LogP contribution in [0.25, 0.3) is 0 Å². The minimum absolute atomic E-state index is 0.0600. The molecule has 0 bridgehead atoms. The van der Waals surface area contributed by atoms with Crippen LogP contribution in [0.15, 0.2) is 18.2 Å². The minimum atomic E-state index is -0.166. The smallest absolute Gasteiger partial charge is 0.237 e. The summed E-state index contributed by atoms with van der Waals surface area (Å²) >= 11 is 0. The quantitative estimate of drug-likeness (QED) is 0.548. The van der Waals surface area contributed by atoms with E-state index in [2.05, 4.69) is 12.2 Å². The molecule has 0 aromatic heterocycles. The number of rotatable bonds is 12. The number of hydrogen-bond donors (Lipinski definition) is 2. The summed E-state index contributed by atoms with van der Waals surface area (Å²) in [6.07, 6.45) is 13.1. The molecule has 1 aromatic rings. The van der Waals surface area contributed by atoms with Crippen LogP contribution in [0.2, 0.25) is 0 Å². The van der Waals surface area contributed by atoms with Crippen molar-refractivity contribution in [2.24, 2.45) is 0 Å². The lowest BCUT2D eigenvalue weighted by Crippen LogP contribution is -2.11. The second kappa shape index (κ2) is 11.7. The molecule has 0 saturated carbocycles. The molecule has 0 aliphatic carbocycles. The second-order valence-corrected chi connectivity index (χ2v) is 5.96. The number of carbonyl (C=O) groups excluding carboxylic acids is 2. The molecule has 0 unspecified atom stereocenters. The van der Waals surface area contributed by atoms with Gasteiger partial charge in [-0.2, -0.15) is 0 Å². The molecule has 23 heavy (non-hydrogen) atoms. The van der Waals surface area contributed by atoms with Gasteiger partial charge in [0.25, 0.3) is 0 Å². The summed E-state index contributed by atoms with van der Waals surface area (Å²) in [4.78, 5) is 22.3. The Morgan fingerprint density at radius 3 is 2.22 bits per heavy atom. The molecule has 1 aromatic carbocycles. The number of unbranched alkanes of at least 4 members (excludes halogenated alkanes) is 8. The molecule has 0 saturated heterocycles. The molecular weight excluding hydrogens is 290 g/mol. The van der Waals surface area contributed by atoms with Crippen LogP contribution < -0.4 is 5.32 Å². The number of hydrogen-bond acceptors (Lipinski definition) is 3. The highest BCUT2D eigenvalue weighted by molar-refractivity contribution is 5.91. The molecular formula is C19H28NO3. The zero-order chi connectivity index (χ0) is 16.9. The summed E-state index contributed by atoms with van der Waals surface area (Å²) in [5, 5.41) is 12.3. The van der Waals surface area contributed by atoms with Gasteiger partial charge in [0, 0.05) is 18.2 Å². The van der Waals surface area contributed by atoms with Gasteiger partial charge in [0.15, 0.2) is 0 Å². The van der Waals surface area contributed by atoms with Gasteiger partial charge in [-0.15, -0.1) is 0 Å². The molecule has 1 radical (unpaired) electrons. The lowest BCUT2D eigenvalue weighted by molar-refractivity contribution is -0.116. The Balaban J connectivity index is 2.10. The molecule has 0 aliphatic rings. The van der Waals surface area contributed by atoms with Gasteiger partial charge in [-0.05, 0) is 18.6 Å². The largest absolute Gasteiger partial charge is 0.507 e. The van der Waals surface area contributed by atoms with Crippen LogP contribution in [-0.2, 0) is 9.59 Å². The summed E-state index contributed by atoms with van der Waals surface area (Å²) in [5.74, 6) is -0.226. The fraction of sp³-hybridized carbons (Fsp3) is 0.579. The van der Waals surface area contributed by atoms with Crippen LogP contribution in [-0.4, -0.2) is 17.3 Å².